The minimum absolute atomic E-state index is 0.0196. The Morgan fingerprint density at radius 3 is 2.15 bits per heavy atom. The van der Waals surface area contributed by atoms with Gasteiger partial charge in [0.2, 0.25) is 0 Å². The zero-order valence-corrected chi connectivity index (χ0v) is 11.6. The van der Waals surface area contributed by atoms with E-state index in [1.54, 1.807) is 0 Å². The van der Waals surface area contributed by atoms with Crippen LogP contribution in [0.5, 0.6) is 0 Å². The van der Waals surface area contributed by atoms with Crippen molar-refractivity contribution in [2.45, 2.75) is 42.9 Å². The van der Waals surface area contributed by atoms with E-state index < -0.39 is 22.1 Å². The van der Waals surface area contributed by atoms with Gasteiger partial charge in [-0.3, -0.25) is 0 Å². The van der Waals surface area contributed by atoms with Gasteiger partial charge in [0.05, 0.1) is 5.92 Å². The topological polar surface area (TPSA) is 90.9 Å². The number of sulfonamides is 1. The van der Waals surface area contributed by atoms with Gasteiger partial charge in [-0.05, 0) is 25.7 Å². The maximum atomic E-state index is 12.6. The largest absolute Gasteiger partial charge is 0.391 e. The lowest BCUT2D eigenvalue weighted by atomic mass is 9.81. The van der Waals surface area contributed by atoms with Gasteiger partial charge in [-0.1, -0.05) is 0 Å². The Labute approximate surface area is 114 Å². The summed E-state index contributed by atoms with van der Waals surface area (Å²) in [6, 6.07) is 0. The fraction of sp³-hybridized carbons (Fsp3) is 0.800. The molecule has 0 radical (unpaired) electrons. The molecule has 20 heavy (non-hydrogen) atoms. The maximum Gasteiger partial charge on any atom is 0.391 e. The quantitative estimate of drug-likeness (QED) is 0.891. The van der Waals surface area contributed by atoms with Crippen molar-refractivity contribution in [3.8, 4) is 0 Å². The van der Waals surface area contributed by atoms with Crippen LogP contribution in [-0.2, 0) is 17.1 Å². The van der Waals surface area contributed by atoms with Gasteiger partial charge in [-0.15, -0.1) is 10.2 Å². The highest BCUT2D eigenvalue weighted by Gasteiger charge is 2.42. The Balaban J connectivity index is 2.14. The van der Waals surface area contributed by atoms with E-state index in [-0.39, 0.29) is 23.9 Å². The predicted octanol–water partition coefficient (Wildman–Crippen LogP) is 1.30. The lowest BCUT2D eigenvalue weighted by molar-refractivity contribution is -0.182. The molecule has 0 atom stereocenters. The highest BCUT2D eigenvalue weighted by molar-refractivity contribution is 7.89. The third kappa shape index (κ3) is 2.95. The van der Waals surface area contributed by atoms with Crippen molar-refractivity contribution in [1.29, 1.82) is 0 Å². The second-order valence-electron chi connectivity index (χ2n) is 5.03. The number of nitrogens with two attached hydrogens (primary N) is 1. The molecule has 1 aliphatic carbocycles. The molecule has 1 aromatic heterocycles. The lowest BCUT2D eigenvalue weighted by Gasteiger charge is -2.29. The molecule has 2 N–H and O–H groups in total. The molecular formula is C10H15F3N4O2S. The van der Waals surface area contributed by atoms with Gasteiger partial charge in [0.1, 0.15) is 5.82 Å². The van der Waals surface area contributed by atoms with Crippen LogP contribution in [0.2, 0.25) is 0 Å². The van der Waals surface area contributed by atoms with Crippen molar-refractivity contribution >= 4 is 10.0 Å². The summed E-state index contributed by atoms with van der Waals surface area (Å²) in [5, 5.41) is 11.9. The van der Waals surface area contributed by atoms with Gasteiger partial charge in [0, 0.05) is 13.0 Å². The minimum Gasteiger partial charge on any atom is -0.304 e. The zero-order chi connectivity index (χ0) is 15.1. The molecule has 1 saturated carbocycles. The van der Waals surface area contributed by atoms with Crippen LogP contribution in [0, 0.1) is 5.92 Å². The van der Waals surface area contributed by atoms with Crippen molar-refractivity contribution in [1.82, 2.24) is 14.8 Å². The van der Waals surface area contributed by atoms with Crippen LogP contribution >= 0.6 is 0 Å². The summed E-state index contributed by atoms with van der Waals surface area (Å²) in [4.78, 5) is 0. The predicted molar refractivity (Wildman–Crippen MR) is 63.1 cm³/mol. The average Bonchev–Trinajstić information content (AvgIpc) is 2.70. The number of rotatable bonds is 2. The molecule has 0 aromatic carbocycles. The van der Waals surface area contributed by atoms with Crippen LogP contribution in [0.4, 0.5) is 13.2 Å². The fourth-order valence-corrected chi connectivity index (χ4v) is 3.24. The first kappa shape index (κ1) is 15.2. The molecule has 1 aromatic rings. The van der Waals surface area contributed by atoms with Crippen molar-refractivity contribution in [3.05, 3.63) is 5.82 Å². The van der Waals surface area contributed by atoms with Crippen molar-refractivity contribution in [2.24, 2.45) is 18.1 Å². The second-order valence-corrected chi connectivity index (χ2v) is 6.49. The molecule has 1 fully saturated rings. The van der Waals surface area contributed by atoms with Gasteiger partial charge in [-0.2, -0.15) is 13.2 Å². The van der Waals surface area contributed by atoms with E-state index in [0.717, 1.165) is 0 Å². The number of hydrogen-bond acceptors (Lipinski definition) is 4. The Bertz CT molecular complexity index is 588. The molecule has 1 aliphatic rings. The van der Waals surface area contributed by atoms with E-state index in [2.05, 4.69) is 10.2 Å². The molecule has 2 rings (SSSR count). The Kier molecular flexibility index (Phi) is 3.80. The maximum absolute atomic E-state index is 12.6. The summed E-state index contributed by atoms with van der Waals surface area (Å²) in [5.41, 5.74) is 0. The molecule has 1 heterocycles. The molecule has 6 nitrogen and oxygen atoms in total. The normalized spacial score (nSPS) is 24.9. The third-order valence-electron chi connectivity index (χ3n) is 3.68. The summed E-state index contributed by atoms with van der Waals surface area (Å²) < 4.78 is 61.5. The summed E-state index contributed by atoms with van der Waals surface area (Å²) >= 11 is 0. The van der Waals surface area contributed by atoms with Crippen LogP contribution in [-0.4, -0.2) is 29.4 Å². The fourth-order valence-electron chi connectivity index (χ4n) is 2.61. The van der Waals surface area contributed by atoms with Crippen LogP contribution < -0.4 is 5.14 Å². The second kappa shape index (κ2) is 4.99. The summed E-state index contributed by atoms with van der Waals surface area (Å²) in [6.07, 6.45) is -3.52. The van der Waals surface area contributed by atoms with Gasteiger partial charge in [0.15, 0.2) is 0 Å². The summed E-state index contributed by atoms with van der Waals surface area (Å²) in [5.74, 6) is -1.14. The molecular weight excluding hydrogens is 297 g/mol. The number of primary sulfonamides is 1. The zero-order valence-electron chi connectivity index (χ0n) is 10.8. The highest BCUT2D eigenvalue weighted by atomic mass is 32.2. The number of alkyl halides is 3. The molecule has 114 valence electrons. The van der Waals surface area contributed by atoms with Gasteiger partial charge >= 0.3 is 6.18 Å². The molecule has 0 unspecified atom stereocenters. The van der Waals surface area contributed by atoms with Crippen molar-refractivity contribution in [2.75, 3.05) is 0 Å². The van der Waals surface area contributed by atoms with Gasteiger partial charge in [-0.25, -0.2) is 13.6 Å². The summed E-state index contributed by atoms with van der Waals surface area (Å²) in [6.45, 7) is 0. The van der Waals surface area contributed by atoms with E-state index in [9.17, 15) is 21.6 Å². The third-order valence-corrected chi connectivity index (χ3v) is 4.54. The number of nitrogens with zero attached hydrogens (tertiary/aromatic N) is 3. The SMILES string of the molecule is Cn1c(C2CCC(C(F)(F)F)CC2)nnc1S(N)(=O)=O. The number of halogens is 3. The Morgan fingerprint density at radius 1 is 1.20 bits per heavy atom. The van der Waals surface area contributed by atoms with Gasteiger partial charge in [0.25, 0.3) is 15.2 Å². The number of hydrogen-bond donors (Lipinski definition) is 1. The smallest absolute Gasteiger partial charge is 0.304 e. The molecule has 0 bridgehead atoms. The van der Waals surface area contributed by atoms with E-state index in [4.69, 9.17) is 5.14 Å². The first-order valence-corrected chi connectivity index (χ1v) is 7.64. The van der Waals surface area contributed by atoms with Crippen LogP contribution in [0.1, 0.15) is 37.4 Å². The number of aromatic nitrogens is 3. The molecule has 0 aliphatic heterocycles. The minimum atomic E-state index is -4.17. The van der Waals surface area contributed by atoms with Gasteiger partial charge < -0.3 is 4.57 Å². The van der Waals surface area contributed by atoms with E-state index in [1.807, 2.05) is 0 Å². The molecule has 10 heteroatoms. The van der Waals surface area contributed by atoms with Crippen LogP contribution in [0.3, 0.4) is 0 Å². The van der Waals surface area contributed by atoms with Crippen LogP contribution in [0.25, 0.3) is 0 Å². The molecule has 0 amide bonds. The first-order valence-electron chi connectivity index (χ1n) is 6.09. The van der Waals surface area contributed by atoms with E-state index >= 15 is 0 Å². The van der Waals surface area contributed by atoms with Crippen LogP contribution in [0.15, 0.2) is 5.16 Å². The van der Waals surface area contributed by atoms with E-state index in [0.29, 0.717) is 18.7 Å². The van der Waals surface area contributed by atoms with Crippen molar-refractivity contribution in [3.63, 3.8) is 0 Å². The Hall–Kier alpha value is -1.16. The molecule has 0 spiro atoms. The first-order chi connectivity index (χ1) is 9.10. The Morgan fingerprint density at radius 2 is 1.75 bits per heavy atom. The van der Waals surface area contributed by atoms with Crippen molar-refractivity contribution < 1.29 is 21.6 Å². The highest BCUT2D eigenvalue weighted by Crippen LogP contribution is 2.42. The average molecular weight is 312 g/mol. The summed E-state index contributed by atoms with van der Waals surface area (Å²) in [7, 11) is -2.53. The lowest BCUT2D eigenvalue weighted by Crippen LogP contribution is -2.28. The van der Waals surface area contributed by atoms with E-state index in [1.165, 1.54) is 11.6 Å². The monoisotopic (exact) mass is 312 g/mol. The molecule has 0 saturated heterocycles. The standard InChI is InChI=1S/C10H15F3N4O2S/c1-17-8(15-16-9(17)20(14,18)19)6-2-4-7(5-3-6)10(11,12)13/h6-7H,2-5H2,1H3,(H2,14,18,19).